The molecule has 0 atom stereocenters. The van der Waals surface area contributed by atoms with Gasteiger partial charge in [0.15, 0.2) is 0 Å². The molecule has 1 aromatic heterocycles. The van der Waals surface area contributed by atoms with Gasteiger partial charge in [0, 0.05) is 23.0 Å². The summed E-state index contributed by atoms with van der Waals surface area (Å²) in [5.41, 5.74) is 9.52. The number of nitrogens with two attached hydrogens (primary N) is 1. The Morgan fingerprint density at radius 3 is 2.33 bits per heavy atom. The Morgan fingerprint density at radius 2 is 1.76 bits per heavy atom. The van der Waals surface area contributed by atoms with Gasteiger partial charge in [0.25, 0.3) is 0 Å². The van der Waals surface area contributed by atoms with Crippen LogP contribution in [0.4, 0.5) is 11.5 Å². The van der Waals surface area contributed by atoms with Crippen LogP contribution in [0.15, 0.2) is 36.5 Å². The van der Waals surface area contributed by atoms with E-state index in [1.807, 2.05) is 31.2 Å². The van der Waals surface area contributed by atoms with Crippen molar-refractivity contribution >= 4 is 17.2 Å². The van der Waals surface area contributed by atoms with E-state index in [1.165, 1.54) is 5.56 Å². The van der Waals surface area contributed by atoms with Gasteiger partial charge in [-0.3, -0.25) is 5.41 Å². The van der Waals surface area contributed by atoms with Gasteiger partial charge in [0.1, 0.15) is 5.82 Å². The summed E-state index contributed by atoms with van der Waals surface area (Å²) in [4.78, 5) is 4.36. The maximum absolute atomic E-state index is 8.47. The number of nitrogens with zero attached hydrogens (tertiary/aromatic N) is 1. The van der Waals surface area contributed by atoms with Crippen LogP contribution in [0, 0.1) is 12.3 Å². The molecule has 2 aromatic rings. The predicted molar refractivity (Wildman–Crippen MR) is 89.1 cm³/mol. The average Bonchev–Trinajstić information content (AvgIpc) is 2.37. The largest absolute Gasteiger partial charge is 0.398 e. The topological polar surface area (TPSA) is 74.8 Å². The van der Waals surface area contributed by atoms with Crippen LogP contribution in [0.2, 0.25) is 0 Å². The average molecular weight is 282 g/mol. The molecule has 4 N–H and O–H groups in total. The van der Waals surface area contributed by atoms with Gasteiger partial charge in [-0.1, -0.05) is 29.8 Å². The molecule has 1 heterocycles. The molecule has 2 rings (SSSR count). The second kappa shape index (κ2) is 5.56. The van der Waals surface area contributed by atoms with E-state index in [4.69, 9.17) is 11.1 Å². The van der Waals surface area contributed by atoms with E-state index < -0.39 is 0 Å². The lowest BCUT2D eigenvalue weighted by Crippen LogP contribution is -2.28. The van der Waals surface area contributed by atoms with E-state index in [0.29, 0.717) is 22.8 Å². The lowest BCUT2D eigenvalue weighted by Gasteiger charge is -2.24. The predicted octanol–water partition coefficient (Wildman–Crippen LogP) is 3.60. The van der Waals surface area contributed by atoms with E-state index >= 15 is 0 Å². The van der Waals surface area contributed by atoms with Crippen LogP contribution in [0.3, 0.4) is 0 Å². The van der Waals surface area contributed by atoms with Crippen molar-refractivity contribution in [3.05, 3.63) is 53.2 Å². The minimum atomic E-state index is -0.150. The molecule has 0 spiro atoms. The lowest BCUT2D eigenvalue weighted by atomic mass is 9.99. The van der Waals surface area contributed by atoms with Crippen LogP contribution < -0.4 is 11.1 Å². The summed E-state index contributed by atoms with van der Waals surface area (Å²) in [6.07, 6.45) is 1.66. The first-order valence-electron chi connectivity index (χ1n) is 6.96. The fourth-order valence-corrected chi connectivity index (χ4v) is 2.05. The van der Waals surface area contributed by atoms with Crippen molar-refractivity contribution in [1.82, 2.24) is 4.98 Å². The Hall–Kier alpha value is -2.36. The maximum Gasteiger partial charge on any atom is 0.137 e. The van der Waals surface area contributed by atoms with E-state index in [-0.39, 0.29) is 5.54 Å². The molecule has 4 heteroatoms. The first-order chi connectivity index (χ1) is 9.78. The summed E-state index contributed by atoms with van der Waals surface area (Å²) < 4.78 is 0. The third-order valence-electron chi connectivity index (χ3n) is 3.07. The van der Waals surface area contributed by atoms with Gasteiger partial charge < -0.3 is 11.1 Å². The van der Waals surface area contributed by atoms with Crippen molar-refractivity contribution in [2.45, 2.75) is 33.2 Å². The van der Waals surface area contributed by atoms with Crippen molar-refractivity contribution in [3.8, 4) is 0 Å². The minimum Gasteiger partial charge on any atom is -0.398 e. The van der Waals surface area contributed by atoms with Gasteiger partial charge in [-0.2, -0.15) is 0 Å². The summed E-state index contributed by atoms with van der Waals surface area (Å²) in [6.45, 7) is 8.18. The first-order valence-corrected chi connectivity index (χ1v) is 6.96. The highest BCUT2D eigenvalue weighted by Gasteiger charge is 2.18. The monoisotopic (exact) mass is 282 g/mol. The molecule has 0 radical (unpaired) electrons. The van der Waals surface area contributed by atoms with Crippen LogP contribution in [0.1, 0.15) is 37.5 Å². The van der Waals surface area contributed by atoms with Gasteiger partial charge in [-0.05, 0) is 33.8 Å². The molecule has 21 heavy (non-hydrogen) atoms. The highest BCUT2D eigenvalue weighted by Crippen LogP contribution is 2.25. The summed E-state index contributed by atoms with van der Waals surface area (Å²) in [5.74, 6) is 0.646. The van der Waals surface area contributed by atoms with E-state index in [0.717, 1.165) is 5.56 Å². The molecule has 0 saturated carbocycles. The highest BCUT2D eigenvalue weighted by atomic mass is 15.0. The summed E-state index contributed by atoms with van der Waals surface area (Å²) in [7, 11) is 0. The fourth-order valence-electron chi connectivity index (χ4n) is 2.05. The molecule has 1 aromatic carbocycles. The number of aromatic nitrogens is 1. The third kappa shape index (κ3) is 3.60. The van der Waals surface area contributed by atoms with Crippen LogP contribution >= 0.6 is 0 Å². The molecule has 0 saturated heterocycles. The molecule has 0 aliphatic heterocycles. The Balaban J connectivity index is 2.47. The van der Waals surface area contributed by atoms with E-state index in [1.54, 1.807) is 12.3 Å². The van der Waals surface area contributed by atoms with Crippen molar-refractivity contribution in [3.63, 3.8) is 0 Å². The molecule has 0 fully saturated rings. The van der Waals surface area contributed by atoms with Crippen LogP contribution in [0.25, 0.3) is 0 Å². The zero-order valence-corrected chi connectivity index (χ0v) is 13.0. The molecule has 0 aliphatic carbocycles. The van der Waals surface area contributed by atoms with Gasteiger partial charge in [0.2, 0.25) is 0 Å². The minimum absolute atomic E-state index is 0.150. The number of benzene rings is 1. The van der Waals surface area contributed by atoms with Crippen LogP contribution in [0.5, 0.6) is 0 Å². The smallest absolute Gasteiger partial charge is 0.137 e. The lowest BCUT2D eigenvalue weighted by molar-refractivity contribution is 0.630. The number of nitrogen functional groups attached to an aromatic ring is 1. The highest BCUT2D eigenvalue weighted by molar-refractivity contribution is 6.16. The molecular formula is C17H22N4. The number of anilines is 2. The molecule has 110 valence electrons. The van der Waals surface area contributed by atoms with Crippen molar-refractivity contribution in [2.75, 3.05) is 11.1 Å². The SMILES string of the molecule is Cc1ccc(C(=N)c2c(N)ccnc2NC(C)(C)C)cc1. The quantitative estimate of drug-likeness (QED) is 0.753. The number of nitrogens with one attached hydrogen (secondary N) is 2. The summed E-state index contributed by atoms with van der Waals surface area (Å²) in [6, 6.07) is 9.59. The Kier molecular flexibility index (Phi) is 3.98. The van der Waals surface area contributed by atoms with E-state index in [2.05, 4.69) is 31.1 Å². The van der Waals surface area contributed by atoms with Gasteiger partial charge in [0.05, 0.1) is 11.3 Å². The van der Waals surface area contributed by atoms with Gasteiger partial charge >= 0.3 is 0 Å². The number of hydrogen-bond donors (Lipinski definition) is 3. The fraction of sp³-hybridized carbons (Fsp3) is 0.294. The zero-order valence-electron chi connectivity index (χ0n) is 13.0. The molecular weight excluding hydrogens is 260 g/mol. The first kappa shape index (κ1) is 15.0. The zero-order chi connectivity index (χ0) is 15.6. The van der Waals surface area contributed by atoms with Crippen molar-refractivity contribution < 1.29 is 0 Å². The second-order valence-corrected chi connectivity index (χ2v) is 6.24. The Bertz CT molecular complexity index is 651. The Labute approximate surface area is 125 Å². The van der Waals surface area contributed by atoms with Gasteiger partial charge in [-0.15, -0.1) is 0 Å². The van der Waals surface area contributed by atoms with Crippen molar-refractivity contribution in [1.29, 1.82) is 5.41 Å². The number of pyridine rings is 1. The molecule has 0 aliphatic rings. The molecule has 0 unspecified atom stereocenters. The number of rotatable bonds is 3. The second-order valence-electron chi connectivity index (χ2n) is 6.24. The molecule has 0 bridgehead atoms. The van der Waals surface area contributed by atoms with Gasteiger partial charge in [-0.25, -0.2) is 4.98 Å². The number of hydrogen-bond acceptors (Lipinski definition) is 4. The van der Waals surface area contributed by atoms with Crippen molar-refractivity contribution in [2.24, 2.45) is 0 Å². The number of aryl methyl sites for hydroxylation is 1. The summed E-state index contributed by atoms with van der Waals surface area (Å²) in [5, 5.41) is 11.8. The maximum atomic E-state index is 8.47. The third-order valence-corrected chi connectivity index (χ3v) is 3.07. The van der Waals surface area contributed by atoms with Crippen LogP contribution in [-0.4, -0.2) is 16.2 Å². The van der Waals surface area contributed by atoms with E-state index in [9.17, 15) is 0 Å². The normalized spacial score (nSPS) is 11.2. The van der Waals surface area contributed by atoms with Crippen LogP contribution in [-0.2, 0) is 0 Å². The Morgan fingerprint density at radius 1 is 1.14 bits per heavy atom. The summed E-state index contributed by atoms with van der Waals surface area (Å²) >= 11 is 0. The molecule has 4 nitrogen and oxygen atoms in total. The molecule has 0 amide bonds. The standard InChI is InChI=1S/C17H22N4/c1-11-5-7-12(8-6-11)15(19)14-13(18)9-10-20-16(14)21-17(2,3)4/h5-10,19H,1-4H3,(H3,18,20,21).